The van der Waals surface area contributed by atoms with E-state index < -0.39 is 0 Å². The van der Waals surface area contributed by atoms with Crippen LogP contribution in [0.3, 0.4) is 0 Å². The Morgan fingerprint density at radius 2 is 2.28 bits per heavy atom. The number of aromatic nitrogens is 2. The lowest BCUT2D eigenvalue weighted by atomic mass is 10.2. The quantitative estimate of drug-likeness (QED) is 0.912. The van der Waals surface area contributed by atoms with Gasteiger partial charge < -0.3 is 10.3 Å². The Balaban J connectivity index is 2.09. The Morgan fingerprint density at radius 3 is 3.00 bits per heavy atom. The number of nitrogens with two attached hydrogens (primary N) is 1. The van der Waals surface area contributed by atoms with Gasteiger partial charge in [0.25, 0.3) is 0 Å². The van der Waals surface area contributed by atoms with Crippen LogP contribution >= 0.6 is 23.4 Å². The van der Waals surface area contributed by atoms with Gasteiger partial charge in [0.1, 0.15) is 0 Å². The van der Waals surface area contributed by atoms with Gasteiger partial charge in [0.05, 0.1) is 16.1 Å². The van der Waals surface area contributed by atoms with E-state index in [0.29, 0.717) is 12.0 Å². The van der Waals surface area contributed by atoms with Crippen LogP contribution in [0.4, 0.5) is 5.95 Å². The van der Waals surface area contributed by atoms with Gasteiger partial charge in [0.2, 0.25) is 5.95 Å². The lowest BCUT2D eigenvalue weighted by Gasteiger charge is -2.15. The van der Waals surface area contributed by atoms with Gasteiger partial charge in [-0.3, -0.25) is 0 Å². The van der Waals surface area contributed by atoms with Crippen molar-refractivity contribution in [3.63, 3.8) is 0 Å². The number of nitrogen functional groups attached to an aromatic ring is 1. The van der Waals surface area contributed by atoms with E-state index >= 15 is 0 Å². The number of anilines is 1. The van der Waals surface area contributed by atoms with E-state index in [1.807, 2.05) is 30.0 Å². The molecule has 1 fully saturated rings. The number of hydrogen-bond donors (Lipinski definition) is 1. The largest absolute Gasteiger partial charge is 0.369 e. The average molecular weight is 282 g/mol. The first-order valence-corrected chi connectivity index (χ1v) is 7.82. The summed E-state index contributed by atoms with van der Waals surface area (Å²) in [5.74, 6) is 0.588. The maximum absolute atomic E-state index is 6.30. The highest BCUT2D eigenvalue weighted by atomic mass is 35.5. The number of imidazole rings is 1. The van der Waals surface area contributed by atoms with Gasteiger partial charge in [-0.05, 0) is 37.7 Å². The number of nitrogens with zero attached hydrogens (tertiary/aromatic N) is 2. The van der Waals surface area contributed by atoms with Crippen LogP contribution in [-0.4, -0.2) is 21.1 Å². The van der Waals surface area contributed by atoms with Crippen molar-refractivity contribution in [2.75, 3.05) is 12.0 Å². The van der Waals surface area contributed by atoms with Crippen molar-refractivity contribution in [3.8, 4) is 0 Å². The Hall–Kier alpha value is -0.870. The van der Waals surface area contributed by atoms with Gasteiger partial charge >= 0.3 is 0 Å². The molecule has 2 atom stereocenters. The maximum Gasteiger partial charge on any atom is 0.201 e. The van der Waals surface area contributed by atoms with Gasteiger partial charge in [-0.2, -0.15) is 11.8 Å². The second-order valence-electron chi connectivity index (χ2n) is 4.77. The van der Waals surface area contributed by atoms with Crippen molar-refractivity contribution in [2.45, 2.75) is 30.6 Å². The highest BCUT2D eigenvalue weighted by Crippen LogP contribution is 2.40. The smallest absolute Gasteiger partial charge is 0.201 e. The summed E-state index contributed by atoms with van der Waals surface area (Å²) in [6.07, 6.45) is 5.74. The summed E-state index contributed by atoms with van der Waals surface area (Å²) in [5.41, 5.74) is 7.96. The van der Waals surface area contributed by atoms with Gasteiger partial charge in [-0.15, -0.1) is 0 Å². The number of rotatable bonds is 2. The molecular weight excluding hydrogens is 266 g/mol. The lowest BCUT2D eigenvalue weighted by molar-refractivity contribution is 0.540. The minimum atomic E-state index is 0.437. The Kier molecular flexibility index (Phi) is 3.16. The van der Waals surface area contributed by atoms with Crippen LogP contribution in [0.25, 0.3) is 11.0 Å². The minimum Gasteiger partial charge on any atom is -0.369 e. The van der Waals surface area contributed by atoms with Crippen LogP contribution in [0.15, 0.2) is 18.2 Å². The van der Waals surface area contributed by atoms with Crippen LogP contribution in [0.2, 0.25) is 5.02 Å². The molecule has 1 aliphatic rings. The van der Waals surface area contributed by atoms with Crippen molar-refractivity contribution in [1.29, 1.82) is 0 Å². The van der Waals surface area contributed by atoms with E-state index in [1.165, 1.54) is 6.42 Å². The van der Waals surface area contributed by atoms with E-state index in [0.717, 1.165) is 34.1 Å². The summed E-state index contributed by atoms with van der Waals surface area (Å²) in [6.45, 7) is 0. The molecule has 2 aromatic rings. The van der Waals surface area contributed by atoms with E-state index in [1.54, 1.807) is 0 Å². The zero-order valence-corrected chi connectivity index (χ0v) is 11.8. The fourth-order valence-corrected chi connectivity index (χ4v) is 3.91. The van der Waals surface area contributed by atoms with Gasteiger partial charge in [0.15, 0.2) is 0 Å². The van der Waals surface area contributed by atoms with Gasteiger partial charge in [-0.25, -0.2) is 4.98 Å². The summed E-state index contributed by atoms with van der Waals surface area (Å²) in [6, 6.07) is 6.23. The summed E-state index contributed by atoms with van der Waals surface area (Å²) < 4.78 is 2.13. The average Bonchev–Trinajstić information content (AvgIpc) is 2.92. The number of thioether (sulfide) groups is 1. The molecule has 1 heterocycles. The van der Waals surface area contributed by atoms with Gasteiger partial charge in [-0.1, -0.05) is 17.7 Å². The van der Waals surface area contributed by atoms with Crippen molar-refractivity contribution in [3.05, 3.63) is 23.2 Å². The number of para-hydroxylation sites is 1. The molecule has 0 aliphatic heterocycles. The standard InChI is InChI=1S/C13H16ClN3S/c1-18-9-6-5-8(7-9)17-12-10(14)3-2-4-11(12)16-13(17)15/h2-4,8-9H,5-7H2,1H3,(H2,15,16). The molecule has 0 radical (unpaired) electrons. The Bertz CT molecular complexity index is 581. The normalized spacial score (nSPS) is 23.9. The SMILES string of the molecule is CSC1CCC(n2c(N)nc3cccc(Cl)c32)C1. The second kappa shape index (κ2) is 4.67. The third kappa shape index (κ3) is 1.88. The first-order valence-electron chi connectivity index (χ1n) is 6.15. The molecule has 1 saturated carbocycles. The summed E-state index contributed by atoms with van der Waals surface area (Å²) in [5, 5.41) is 1.47. The third-order valence-electron chi connectivity index (χ3n) is 3.74. The fraction of sp³-hybridized carbons (Fsp3) is 0.462. The number of halogens is 1. The molecule has 96 valence electrons. The van der Waals surface area contributed by atoms with E-state index in [-0.39, 0.29) is 0 Å². The summed E-state index contributed by atoms with van der Waals surface area (Å²) in [7, 11) is 0. The lowest BCUT2D eigenvalue weighted by Crippen LogP contribution is -2.09. The van der Waals surface area contributed by atoms with E-state index in [2.05, 4.69) is 15.8 Å². The number of fused-ring (bicyclic) bond motifs is 1. The molecule has 18 heavy (non-hydrogen) atoms. The van der Waals surface area contributed by atoms with Crippen molar-refractivity contribution in [1.82, 2.24) is 9.55 Å². The number of benzene rings is 1. The van der Waals surface area contributed by atoms with Crippen LogP contribution < -0.4 is 5.73 Å². The molecule has 2 N–H and O–H groups in total. The van der Waals surface area contributed by atoms with Crippen LogP contribution in [-0.2, 0) is 0 Å². The fourth-order valence-electron chi connectivity index (χ4n) is 2.86. The molecule has 2 unspecified atom stereocenters. The molecule has 3 nitrogen and oxygen atoms in total. The predicted octanol–water partition coefficient (Wildman–Crippen LogP) is 3.73. The maximum atomic E-state index is 6.30. The molecule has 1 aromatic heterocycles. The second-order valence-corrected chi connectivity index (χ2v) is 6.32. The van der Waals surface area contributed by atoms with E-state index in [4.69, 9.17) is 17.3 Å². The first kappa shape index (κ1) is 12.2. The molecule has 0 amide bonds. The molecule has 0 saturated heterocycles. The first-order chi connectivity index (χ1) is 8.70. The molecule has 5 heteroatoms. The third-order valence-corrected chi connectivity index (χ3v) is 5.14. The van der Waals surface area contributed by atoms with Gasteiger partial charge in [0, 0.05) is 11.3 Å². The summed E-state index contributed by atoms with van der Waals surface area (Å²) in [4.78, 5) is 4.42. The van der Waals surface area contributed by atoms with Crippen LogP contribution in [0.5, 0.6) is 0 Å². The zero-order valence-electron chi connectivity index (χ0n) is 10.3. The predicted molar refractivity (Wildman–Crippen MR) is 79.3 cm³/mol. The zero-order chi connectivity index (χ0) is 12.7. The molecular formula is C13H16ClN3S. The van der Waals surface area contributed by atoms with Crippen LogP contribution in [0, 0.1) is 0 Å². The molecule has 0 spiro atoms. The molecule has 1 aliphatic carbocycles. The molecule has 3 rings (SSSR count). The van der Waals surface area contributed by atoms with Crippen LogP contribution in [0.1, 0.15) is 25.3 Å². The minimum absolute atomic E-state index is 0.437. The highest BCUT2D eigenvalue weighted by molar-refractivity contribution is 7.99. The number of hydrogen-bond acceptors (Lipinski definition) is 3. The Labute approximate surface area is 116 Å². The van der Waals surface area contributed by atoms with Crippen molar-refractivity contribution >= 4 is 40.3 Å². The van der Waals surface area contributed by atoms with Crippen molar-refractivity contribution < 1.29 is 0 Å². The van der Waals surface area contributed by atoms with Crippen molar-refractivity contribution in [2.24, 2.45) is 0 Å². The molecule has 1 aromatic carbocycles. The topological polar surface area (TPSA) is 43.8 Å². The Morgan fingerprint density at radius 1 is 1.44 bits per heavy atom. The molecule has 0 bridgehead atoms. The summed E-state index contributed by atoms with van der Waals surface area (Å²) >= 11 is 8.24. The highest BCUT2D eigenvalue weighted by Gasteiger charge is 2.28. The monoisotopic (exact) mass is 281 g/mol. The van der Waals surface area contributed by atoms with E-state index in [9.17, 15) is 0 Å².